The van der Waals surface area contributed by atoms with Gasteiger partial charge in [0, 0.05) is 5.92 Å². The second kappa shape index (κ2) is 9.86. The third kappa shape index (κ3) is 5.67. The predicted octanol–water partition coefficient (Wildman–Crippen LogP) is 1.50. The van der Waals surface area contributed by atoms with Gasteiger partial charge in [-0.1, -0.05) is 6.92 Å². The number of rotatable bonds is 9. The molecule has 166 valence electrons. The molecule has 6 atom stereocenters. The Hall–Kier alpha value is -1.72. The molecule has 2 saturated carbocycles. The highest BCUT2D eigenvalue weighted by Gasteiger charge is 2.58. The minimum atomic E-state index is -2.79. The molecular formula is C18H27O10S-. The summed E-state index contributed by atoms with van der Waals surface area (Å²) in [5.74, 6) is -2.02. The van der Waals surface area contributed by atoms with Gasteiger partial charge >= 0.3 is 18.1 Å². The number of methoxy groups -OCH3 is 1. The minimum Gasteiger partial charge on any atom is -0.750 e. The fourth-order valence-corrected chi connectivity index (χ4v) is 4.25. The highest BCUT2D eigenvalue weighted by molar-refractivity contribution is 7.74. The summed E-state index contributed by atoms with van der Waals surface area (Å²) in [6.07, 6.45) is -1.41. The number of hydrogen-bond donors (Lipinski definition) is 0. The maximum atomic E-state index is 12.0. The molecule has 11 heteroatoms. The molecule has 0 heterocycles. The summed E-state index contributed by atoms with van der Waals surface area (Å²) in [5, 5.41) is 0. The quantitative estimate of drug-likeness (QED) is 0.227. The molecule has 0 saturated heterocycles. The smallest absolute Gasteiger partial charge is 0.508 e. The highest BCUT2D eigenvalue weighted by atomic mass is 32.2. The lowest BCUT2D eigenvalue weighted by molar-refractivity contribution is -0.155. The second-order valence-corrected chi connectivity index (χ2v) is 8.44. The molecule has 2 aliphatic carbocycles. The van der Waals surface area contributed by atoms with Gasteiger partial charge in [-0.2, -0.15) is 0 Å². The van der Waals surface area contributed by atoms with E-state index in [1.807, 2.05) is 6.92 Å². The Morgan fingerprint density at radius 1 is 1.10 bits per heavy atom. The minimum absolute atomic E-state index is 0.136. The van der Waals surface area contributed by atoms with E-state index in [4.69, 9.17) is 23.1 Å². The van der Waals surface area contributed by atoms with Crippen LogP contribution in [-0.2, 0) is 44.1 Å². The zero-order valence-electron chi connectivity index (χ0n) is 16.9. The Labute approximate surface area is 172 Å². The van der Waals surface area contributed by atoms with E-state index in [9.17, 15) is 23.1 Å². The Morgan fingerprint density at radius 3 is 2.34 bits per heavy atom. The lowest BCUT2D eigenvalue weighted by atomic mass is 9.85. The van der Waals surface area contributed by atoms with E-state index in [-0.39, 0.29) is 19.1 Å². The average molecular weight is 435 g/mol. The second-order valence-electron chi connectivity index (χ2n) is 7.84. The average Bonchev–Trinajstić information content (AvgIpc) is 3.23. The van der Waals surface area contributed by atoms with Gasteiger partial charge in [0.25, 0.3) is 0 Å². The van der Waals surface area contributed by atoms with E-state index in [0.717, 1.165) is 0 Å². The molecule has 0 aromatic rings. The molecule has 2 aliphatic rings. The first-order valence-electron chi connectivity index (χ1n) is 9.45. The van der Waals surface area contributed by atoms with E-state index < -0.39 is 58.9 Å². The summed E-state index contributed by atoms with van der Waals surface area (Å²) in [6.45, 7) is 5.00. The van der Waals surface area contributed by atoms with Crippen LogP contribution >= 0.6 is 0 Å². The molecule has 0 aliphatic heterocycles. The zero-order chi connectivity index (χ0) is 21.8. The number of carbonyl (C=O) groups is 3. The molecule has 0 amide bonds. The highest BCUT2D eigenvalue weighted by Crippen LogP contribution is 2.51. The van der Waals surface area contributed by atoms with Crippen LogP contribution in [0.2, 0.25) is 0 Å². The van der Waals surface area contributed by atoms with Crippen molar-refractivity contribution < 1.29 is 46.3 Å². The van der Waals surface area contributed by atoms with Crippen LogP contribution in [0.1, 0.15) is 40.0 Å². The molecule has 2 rings (SSSR count). The van der Waals surface area contributed by atoms with Crippen LogP contribution in [0.15, 0.2) is 0 Å². The summed E-state index contributed by atoms with van der Waals surface area (Å²) >= 11 is -2.79. The van der Waals surface area contributed by atoms with Crippen molar-refractivity contribution in [3.05, 3.63) is 0 Å². The van der Waals surface area contributed by atoms with E-state index >= 15 is 0 Å². The SMILES string of the molecule is CCC(C)(C)C(=O)OCCOC(=O)OC1C2CC(CC2C(=O)OC)C1OS(=O)[O-]. The first kappa shape index (κ1) is 23.6. The Balaban J connectivity index is 1.88. The van der Waals surface area contributed by atoms with Gasteiger partial charge in [-0.05, 0) is 39.0 Å². The van der Waals surface area contributed by atoms with E-state index in [1.165, 1.54) is 7.11 Å². The molecule has 0 radical (unpaired) electrons. The first-order chi connectivity index (χ1) is 13.6. The molecule has 2 fully saturated rings. The van der Waals surface area contributed by atoms with Gasteiger partial charge in [-0.25, -0.2) is 9.00 Å². The van der Waals surface area contributed by atoms with Gasteiger partial charge in [0.05, 0.1) is 29.8 Å². The van der Waals surface area contributed by atoms with Crippen molar-refractivity contribution in [1.82, 2.24) is 0 Å². The lowest BCUT2D eigenvalue weighted by Crippen LogP contribution is -2.44. The first-order valence-corrected chi connectivity index (χ1v) is 10.5. The van der Waals surface area contributed by atoms with Crippen molar-refractivity contribution in [2.24, 2.45) is 23.2 Å². The maximum Gasteiger partial charge on any atom is 0.508 e. The van der Waals surface area contributed by atoms with E-state index in [2.05, 4.69) is 0 Å². The van der Waals surface area contributed by atoms with Crippen molar-refractivity contribution in [2.45, 2.75) is 52.2 Å². The van der Waals surface area contributed by atoms with Crippen LogP contribution < -0.4 is 0 Å². The Bertz CT molecular complexity index is 649. The van der Waals surface area contributed by atoms with Crippen molar-refractivity contribution in [2.75, 3.05) is 20.3 Å². The maximum absolute atomic E-state index is 12.0. The van der Waals surface area contributed by atoms with Crippen molar-refractivity contribution in [3.8, 4) is 0 Å². The third-order valence-electron chi connectivity index (χ3n) is 5.76. The standard InChI is InChI=1S/C18H28O10S/c1-5-18(2,3)16(20)25-6-7-26-17(21)27-14-11-8-10(13(14)28-29(22)23)9-12(11)15(19)24-4/h10-14H,5-9H2,1-4H3,(H,22,23)/p-1. The number of esters is 2. The molecular weight excluding hydrogens is 408 g/mol. The monoisotopic (exact) mass is 435 g/mol. The summed E-state index contributed by atoms with van der Waals surface area (Å²) in [7, 11) is 1.26. The van der Waals surface area contributed by atoms with Crippen LogP contribution in [-0.4, -0.2) is 59.4 Å². The zero-order valence-corrected chi connectivity index (χ0v) is 17.7. The van der Waals surface area contributed by atoms with Gasteiger partial charge in [-0.3, -0.25) is 13.8 Å². The molecule has 10 nitrogen and oxygen atoms in total. The predicted molar refractivity (Wildman–Crippen MR) is 96.8 cm³/mol. The van der Waals surface area contributed by atoms with Gasteiger partial charge in [0.1, 0.15) is 25.4 Å². The molecule has 0 aromatic heterocycles. The normalized spacial score (nSPS) is 29.2. The third-order valence-corrected chi connectivity index (χ3v) is 6.14. The molecule has 0 aromatic carbocycles. The van der Waals surface area contributed by atoms with Crippen LogP contribution in [0.3, 0.4) is 0 Å². The molecule has 29 heavy (non-hydrogen) atoms. The van der Waals surface area contributed by atoms with Crippen molar-refractivity contribution in [1.29, 1.82) is 0 Å². The van der Waals surface area contributed by atoms with E-state index in [1.54, 1.807) is 13.8 Å². The molecule has 0 N–H and O–H groups in total. The van der Waals surface area contributed by atoms with Gasteiger partial charge < -0.3 is 23.5 Å². The summed E-state index contributed by atoms with van der Waals surface area (Å²) < 4.78 is 46.9. The molecule has 6 unspecified atom stereocenters. The molecule has 2 bridgehead atoms. The van der Waals surface area contributed by atoms with Gasteiger partial charge in [0.2, 0.25) is 0 Å². The van der Waals surface area contributed by atoms with Crippen molar-refractivity contribution >= 4 is 29.5 Å². The number of ether oxygens (including phenoxy) is 4. The van der Waals surface area contributed by atoms with Crippen LogP contribution in [0, 0.1) is 23.2 Å². The Morgan fingerprint density at radius 2 is 1.76 bits per heavy atom. The van der Waals surface area contributed by atoms with Gasteiger partial charge in [-0.15, -0.1) is 0 Å². The molecule has 0 spiro atoms. The summed E-state index contributed by atoms with van der Waals surface area (Å²) in [4.78, 5) is 35.8. The number of hydrogen-bond acceptors (Lipinski definition) is 10. The van der Waals surface area contributed by atoms with Crippen molar-refractivity contribution in [3.63, 3.8) is 0 Å². The van der Waals surface area contributed by atoms with Crippen LogP contribution in [0.4, 0.5) is 4.79 Å². The lowest BCUT2D eigenvalue weighted by Gasteiger charge is -2.33. The van der Waals surface area contributed by atoms with Gasteiger partial charge in [0.15, 0.2) is 0 Å². The largest absolute Gasteiger partial charge is 0.750 e. The number of fused-ring (bicyclic) bond motifs is 2. The van der Waals surface area contributed by atoms with Crippen LogP contribution in [0.5, 0.6) is 0 Å². The Kier molecular flexibility index (Phi) is 8.01. The summed E-state index contributed by atoms with van der Waals surface area (Å²) in [6, 6.07) is 0. The fourth-order valence-electron chi connectivity index (χ4n) is 3.80. The fraction of sp³-hybridized carbons (Fsp3) is 0.833. The summed E-state index contributed by atoms with van der Waals surface area (Å²) in [5.41, 5.74) is -0.634. The van der Waals surface area contributed by atoms with E-state index in [0.29, 0.717) is 19.3 Å². The van der Waals surface area contributed by atoms with Crippen LogP contribution in [0.25, 0.3) is 0 Å². The topological polar surface area (TPSA) is 137 Å². The number of carbonyl (C=O) groups excluding carboxylic acids is 3.